The molecule has 0 unspecified atom stereocenters. The van der Waals surface area contributed by atoms with Crippen LogP contribution in [-0.2, 0) is 14.4 Å². The van der Waals surface area contributed by atoms with E-state index in [0.29, 0.717) is 37.5 Å². The van der Waals surface area contributed by atoms with Crippen molar-refractivity contribution >= 4 is 29.6 Å². The molecule has 1 atom stereocenters. The van der Waals surface area contributed by atoms with Gasteiger partial charge in [0.2, 0.25) is 0 Å². The SMILES string of the molecule is COc1ccccc1N1CCN(C(=O)C(=O)N/N=C\c2ccc(OCC(=O)N[C@@H](C)c3ccccc3)cc2)CC1. The number of nitrogens with zero attached hydrogens (tertiary/aromatic N) is 3. The van der Waals surface area contributed by atoms with Crippen LogP contribution < -0.4 is 25.1 Å². The number of anilines is 1. The normalized spacial score (nSPS) is 13.9. The summed E-state index contributed by atoms with van der Waals surface area (Å²) in [5.74, 6) is -0.354. The Balaban J connectivity index is 1.18. The molecule has 1 heterocycles. The van der Waals surface area contributed by atoms with E-state index in [2.05, 4.69) is 20.7 Å². The number of para-hydroxylation sites is 2. The van der Waals surface area contributed by atoms with Crippen molar-refractivity contribution in [3.63, 3.8) is 0 Å². The monoisotopic (exact) mass is 543 g/mol. The first-order chi connectivity index (χ1) is 19.4. The Morgan fingerprint density at radius 2 is 1.60 bits per heavy atom. The molecule has 208 valence electrons. The second-order valence-corrected chi connectivity index (χ2v) is 9.21. The number of carbonyl (C=O) groups is 3. The molecule has 0 spiro atoms. The van der Waals surface area contributed by atoms with E-state index in [1.165, 1.54) is 11.1 Å². The van der Waals surface area contributed by atoms with Crippen molar-refractivity contribution in [1.82, 2.24) is 15.6 Å². The quantitative estimate of drug-likeness (QED) is 0.244. The molecule has 0 aromatic heterocycles. The summed E-state index contributed by atoms with van der Waals surface area (Å²) in [5.41, 5.74) is 4.96. The fourth-order valence-corrected chi connectivity index (χ4v) is 4.31. The fraction of sp³-hybridized carbons (Fsp3) is 0.267. The average Bonchev–Trinajstić information content (AvgIpc) is 3.00. The van der Waals surface area contributed by atoms with E-state index >= 15 is 0 Å². The number of carbonyl (C=O) groups excluding carboxylic acids is 3. The Morgan fingerprint density at radius 1 is 0.925 bits per heavy atom. The number of ether oxygens (including phenoxy) is 2. The number of piperazine rings is 1. The van der Waals surface area contributed by atoms with Gasteiger partial charge in [-0.3, -0.25) is 14.4 Å². The molecule has 3 aromatic carbocycles. The van der Waals surface area contributed by atoms with Crippen LogP contribution in [-0.4, -0.2) is 68.7 Å². The molecule has 3 amide bonds. The molecular weight excluding hydrogens is 510 g/mol. The van der Waals surface area contributed by atoms with Crippen LogP contribution in [0.1, 0.15) is 24.1 Å². The summed E-state index contributed by atoms with van der Waals surface area (Å²) in [6.07, 6.45) is 1.43. The Morgan fingerprint density at radius 3 is 2.30 bits per heavy atom. The molecule has 0 radical (unpaired) electrons. The molecule has 1 fully saturated rings. The summed E-state index contributed by atoms with van der Waals surface area (Å²) in [4.78, 5) is 40.8. The molecule has 0 aliphatic carbocycles. The van der Waals surface area contributed by atoms with Crippen molar-refractivity contribution < 1.29 is 23.9 Å². The highest BCUT2D eigenvalue weighted by Crippen LogP contribution is 2.28. The second-order valence-electron chi connectivity index (χ2n) is 9.21. The first-order valence-electron chi connectivity index (χ1n) is 13.0. The highest BCUT2D eigenvalue weighted by atomic mass is 16.5. The predicted molar refractivity (Wildman–Crippen MR) is 152 cm³/mol. The van der Waals surface area contributed by atoms with Gasteiger partial charge < -0.3 is 24.6 Å². The van der Waals surface area contributed by atoms with Gasteiger partial charge in [-0.25, -0.2) is 5.43 Å². The number of methoxy groups -OCH3 is 1. The number of nitrogens with one attached hydrogen (secondary N) is 2. The molecule has 10 heteroatoms. The lowest BCUT2D eigenvalue weighted by Crippen LogP contribution is -2.52. The van der Waals surface area contributed by atoms with Gasteiger partial charge in [-0.05, 0) is 54.4 Å². The van der Waals surface area contributed by atoms with Crippen LogP contribution in [0.2, 0.25) is 0 Å². The third kappa shape index (κ3) is 7.59. The third-order valence-electron chi connectivity index (χ3n) is 6.49. The smallest absolute Gasteiger partial charge is 0.329 e. The summed E-state index contributed by atoms with van der Waals surface area (Å²) in [6.45, 7) is 3.81. The van der Waals surface area contributed by atoms with Gasteiger partial charge in [0, 0.05) is 26.2 Å². The Kier molecular flexibility index (Phi) is 9.71. The van der Waals surface area contributed by atoms with Crippen molar-refractivity contribution in [1.29, 1.82) is 0 Å². The van der Waals surface area contributed by atoms with Gasteiger partial charge in [0.15, 0.2) is 6.61 Å². The minimum atomic E-state index is -0.794. The van der Waals surface area contributed by atoms with E-state index in [1.54, 1.807) is 31.4 Å². The van der Waals surface area contributed by atoms with Gasteiger partial charge in [-0.1, -0.05) is 42.5 Å². The standard InChI is InChI=1S/C30H33N5O5/c1-22(24-8-4-3-5-9-24)32-28(36)21-40-25-14-12-23(13-15-25)20-31-33-29(37)30(38)35-18-16-34(17-19-35)26-10-6-7-11-27(26)39-2/h3-15,20,22H,16-19,21H2,1-2H3,(H,32,36)(H,33,37)/b31-20-/t22-/m0/s1. The van der Waals surface area contributed by atoms with Crippen LogP contribution in [0, 0.1) is 0 Å². The topological polar surface area (TPSA) is 113 Å². The van der Waals surface area contributed by atoms with Crippen molar-refractivity contribution in [2.24, 2.45) is 5.10 Å². The lowest BCUT2D eigenvalue weighted by Gasteiger charge is -2.36. The van der Waals surface area contributed by atoms with Gasteiger partial charge >= 0.3 is 11.8 Å². The van der Waals surface area contributed by atoms with Gasteiger partial charge in [0.25, 0.3) is 5.91 Å². The first-order valence-corrected chi connectivity index (χ1v) is 13.0. The molecule has 4 rings (SSSR count). The van der Waals surface area contributed by atoms with E-state index in [0.717, 1.165) is 17.0 Å². The van der Waals surface area contributed by atoms with Crippen molar-refractivity contribution in [3.05, 3.63) is 90.0 Å². The lowest BCUT2D eigenvalue weighted by atomic mass is 10.1. The van der Waals surface area contributed by atoms with Crippen molar-refractivity contribution in [3.8, 4) is 11.5 Å². The van der Waals surface area contributed by atoms with Gasteiger partial charge in [-0.15, -0.1) is 0 Å². The largest absolute Gasteiger partial charge is 0.495 e. The molecule has 0 bridgehead atoms. The number of hydrazone groups is 1. The fourth-order valence-electron chi connectivity index (χ4n) is 4.31. The zero-order valence-electron chi connectivity index (χ0n) is 22.6. The lowest BCUT2D eigenvalue weighted by molar-refractivity contribution is -0.146. The van der Waals surface area contributed by atoms with Crippen LogP contribution in [0.5, 0.6) is 11.5 Å². The second kappa shape index (κ2) is 13.8. The minimum absolute atomic E-state index is 0.115. The minimum Gasteiger partial charge on any atom is -0.495 e. The maximum Gasteiger partial charge on any atom is 0.329 e. The van der Waals surface area contributed by atoms with E-state index in [4.69, 9.17) is 9.47 Å². The Labute approximate surface area is 233 Å². The molecule has 1 saturated heterocycles. The maximum atomic E-state index is 12.6. The zero-order valence-corrected chi connectivity index (χ0v) is 22.6. The van der Waals surface area contributed by atoms with Crippen LogP contribution in [0.25, 0.3) is 0 Å². The van der Waals surface area contributed by atoms with Crippen LogP contribution in [0.3, 0.4) is 0 Å². The van der Waals surface area contributed by atoms with Gasteiger partial charge in [-0.2, -0.15) is 5.10 Å². The summed E-state index contributed by atoms with van der Waals surface area (Å²) in [6, 6.07) is 24.1. The predicted octanol–water partition coefficient (Wildman–Crippen LogP) is 2.75. The number of benzene rings is 3. The number of amides is 3. The maximum absolute atomic E-state index is 12.6. The van der Waals surface area contributed by atoms with Crippen molar-refractivity contribution in [2.45, 2.75) is 13.0 Å². The molecule has 40 heavy (non-hydrogen) atoms. The first kappa shape index (κ1) is 28.2. The van der Waals surface area contributed by atoms with Crippen LogP contribution in [0.15, 0.2) is 84.0 Å². The van der Waals surface area contributed by atoms with E-state index in [1.807, 2.05) is 61.5 Å². The van der Waals surface area contributed by atoms with Crippen LogP contribution in [0.4, 0.5) is 5.69 Å². The van der Waals surface area contributed by atoms with Crippen LogP contribution >= 0.6 is 0 Å². The Hall–Kier alpha value is -4.86. The summed E-state index contributed by atoms with van der Waals surface area (Å²) in [7, 11) is 1.63. The highest BCUT2D eigenvalue weighted by Gasteiger charge is 2.26. The van der Waals surface area contributed by atoms with Gasteiger partial charge in [0.05, 0.1) is 25.1 Å². The number of rotatable bonds is 9. The summed E-state index contributed by atoms with van der Waals surface area (Å²) >= 11 is 0. The molecule has 1 aliphatic rings. The third-order valence-corrected chi connectivity index (χ3v) is 6.49. The van der Waals surface area contributed by atoms with E-state index in [9.17, 15) is 14.4 Å². The molecule has 0 saturated carbocycles. The number of hydrogen-bond donors (Lipinski definition) is 2. The van der Waals surface area contributed by atoms with Crippen molar-refractivity contribution in [2.75, 3.05) is 44.8 Å². The average molecular weight is 544 g/mol. The van der Waals surface area contributed by atoms with E-state index in [-0.39, 0.29) is 18.6 Å². The molecule has 1 aliphatic heterocycles. The molecule has 2 N–H and O–H groups in total. The highest BCUT2D eigenvalue weighted by molar-refractivity contribution is 6.35. The summed E-state index contributed by atoms with van der Waals surface area (Å²) < 4.78 is 11.0. The zero-order chi connectivity index (χ0) is 28.3. The molecule has 10 nitrogen and oxygen atoms in total. The molecule has 3 aromatic rings. The van der Waals surface area contributed by atoms with E-state index < -0.39 is 11.8 Å². The van der Waals surface area contributed by atoms with Gasteiger partial charge in [0.1, 0.15) is 11.5 Å². The summed E-state index contributed by atoms with van der Waals surface area (Å²) in [5, 5.41) is 6.80. The molecular formula is C30H33N5O5. The Bertz CT molecular complexity index is 1320. The number of hydrogen-bond acceptors (Lipinski definition) is 7.